The molecule has 6 heteroatoms. The van der Waals surface area contributed by atoms with Gasteiger partial charge in [0.25, 0.3) is 0 Å². The number of carbonyl (C=O) groups excluding carboxylic acids is 2. The normalized spacial score (nSPS) is 15.2. The highest BCUT2D eigenvalue weighted by molar-refractivity contribution is 6.25. The van der Waals surface area contributed by atoms with Gasteiger partial charge in [-0.1, -0.05) is 12.5 Å². The van der Waals surface area contributed by atoms with Gasteiger partial charge in [-0.25, -0.2) is 4.79 Å². The average Bonchev–Trinajstić information content (AvgIpc) is 2.71. The van der Waals surface area contributed by atoms with E-state index in [0.717, 1.165) is 24.8 Å². The molecule has 1 aromatic heterocycles. The second-order valence-electron chi connectivity index (χ2n) is 6.98. The molecule has 0 atom stereocenters. The Bertz CT molecular complexity index is 878. The van der Waals surface area contributed by atoms with Crippen LogP contribution in [0.1, 0.15) is 52.0 Å². The molecule has 0 saturated heterocycles. The van der Waals surface area contributed by atoms with Crippen molar-refractivity contribution < 1.29 is 24.2 Å². The van der Waals surface area contributed by atoms with Crippen molar-refractivity contribution in [3.63, 3.8) is 0 Å². The van der Waals surface area contributed by atoms with E-state index in [1.54, 1.807) is 13.1 Å². The van der Waals surface area contributed by atoms with Crippen LogP contribution < -0.4 is 0 Å². The number of carboxylic acids is 1. The van der Waals surface area contributed by atoms with Gasteiger partial charge in [-0.2, -0.15) is 0 Å². The Morgan fingerprint density at radius 3 is 2.52 bits per heavy atom. The molecule has 154 valence electrons. The Morgan fingerprint density at radius 2 is 1.90 bits per heavy atom. The summed E-state index contributed by atoms with van der Waals surface area (Å²) in [7, 11) is 0. The molecule has 1 aliphatic carbocycles. The van der Waals surface area contributed by atoms with E-state index < -0.39 is 5.97 Å². The summed E-state index contributed by atoms with van der Waals surface area (Å²) in [5.74, 6) is -1.74. The second-order valence-corrected chi connectivity index (χ2v) is 6.98. The third-order valence-corrected chi connectivity index (χ3v) is 4.89. The number of allylic oxidation sites excluding steroid dienone is 4. The summed E-state index contributed by atoms with van der Waals surface area (Å²) in [5, 5.41) is 9.55. The number of hydrogen-bond donors (Lipinski definition) is 1. The molecule has 0 aliphatic heterocycles. The number of ketones is 2. The quantitative estimate of drug-likeness (QED) is 0.365. The van der Waals surface area contributed by atoms with Crippen molar-refractivity contribution >= 4 is 17.5 Å². The predicted molar refractivity (Wildman–Crippen MR) is 109 cm³/mol. The zero-order valence-electron chi connectivity index (χ0n) is 17.2. The molecule has 0 aromatic carbocycles. The van der Waals surface area contributed by atoms with Crippen LogP contribution in [0.15, 0.2) is 58.7 Å². The fourth-order valence-electron chi connectivity index (χ4n) is 3.21. The molecule has 0 fully saturated rings. The van der Waals surface area contributed by atoms with Crippen molar-refractivity contribution in [3.05, 3.63) is 64.2 Å². The number of carbonyl (C=O) groups is 3. The standard InChI is InChI=1S/C23H27NO5/c1-4-29-22-16(3)20(25)19(15(2)21(22)26)13-18(23(27)28)11-7-5-6-9-17-10-8-12-24-14-17/h8,10,12-14H,4-7,9,11H2,1-3H3,(H,27,28)/b18-13+. The van der Waals surface area contributed by atoms with Gasteiger partial charge in [-0.15, -0.1) is 0 Å². The van der Waals surface area contributed by atoms with Gasteiger partial charge in [-0.3, -0.25) is 14.6 Å². The summed E-state index contributed by atoms with van der Waals surface area (Å²) in [6.45, 7) is 5.09. The minimum Gasteiger partial charge on any atom is -0.489 e. The molecule has 0 spiro atoms. The van der Waals surface area contributed by atoms with Crippen LogP contribution in [0.5, 0.6) is 0 Å². The lowest BCUT2D eigenvalue weighted by Crippen LogP contribution is -2.23. The first kappa shape index (κ1) is 22.3. The van der Waals surface area contributed by atoms with E-state index in [9.17, 15) is 19.5 Å². The molecule has 1 N–H and O–H groups in total. The Kier molecular flexibility index (Phi) is 8.07. The Hall–Kier alpha value is -3.02. The van der Waals surface area contributed by atoms with Crippen LogP contribution in [-0.4, -0.2) is 34.2 Å². The fraction of sp³-hybridized carbons (Fsp3) is 0.391. The van der Waals surface area contributed by atoms with E-state index in [1.165, 1.54) is 19.9 Å². The zero-order valence-corrected chi connectivity index (χ0v) is 17.2. The Balaban J connectivity index is 2.05. The van der Waals surface area contributed by atoms with Gasteiger partial charge >= 0.3 is 5.97 Å². The first-order valence-corrected chi connectivity index (χ1v) is 9.83. The monoisotopic (exact) mass is 397 g/mol. The van der Waals surface area contributed by atoms with Gasteiger partial charge in [0.15, 0.2) is 11.5 Å². The van der Waals surface area contributed by atoms with Gasteiger partial charge in [0.2, 0.25) is 5.78 Å². The minimum absolute atomic E-state index is 0.0550. The third kappa shape index (κ3) is 5.73. The highest BCUT2D eigenvalue weighted by Gasteiger charge is 2.31. The Morgan fingerprint density at radius 1 is 1.14 bits per heavy atom. The van der Waals surface area contributed by atoms with Crippen LogP contribution in [0.2, 0.25) is 0 Å². The van der Waals surface area contributed by atoms with E-state index in [-0.39, 0.29) is 46.2 Å². The fourth-order valence-corrected chi connectivity index (χ4v) is 3.21. The number of nitrogens with zero attached hydrogens (tertiary/aromatic N) is 1. The molecule has 0 amide bonds. The molecule has 6 nitrogen and oxygen atoms in total. The van der Waals surface area contributed by atoms with Crippen LogP contribution >= 0.6 is 0 Å². The molecular weight excluding hydrogens is 370 g/mol. The van der Waals surface area contributed by atoms with Gasteiger partial charge < -0.3 is 9.84 Å². The maximum atomic E-state index is 12.7. The van der Waals surface area contributed by atoms with E-state index in [2.05, 4.69) is 4.98 Å². The smallest absolute Gasteiger partial charge is 0.331 e. The van der Waals surface area contributed by atoms with Crippen LogP contribution in [-0.2, 0) is 25.5 Å². The number of ether oxygens (including phenoxy) is 1. The van der Waals surface area contributed by atoms with Crippen molar-refractivity contribution in [3.8, 4) is 0 Å². The average molecular weight is 397 g/mol. The van der Waals surface area contributed by atoms with Crippen molar-refractivity contribution in [2.45, 2.75) is 52.9 Å². The molecule has 1 aromatic rings. The third-order valence-electron chi connectivity index (χ3n) is 4.89. The molecular formula is C23H27NO5. The number of aryl methyl sites for hydroxylation is 1. The summed E-state index contributed by atoms with van der Waals surface area (Å²) in [5.41, 5.74) is 1.87. The zero-order chi connectivity index (χ0) is 21.4. The molecule has 1 heterocycles. The van der Waals surface area contributed by atoms with Gasteiger partial charge in [-0.05, 0) is 64.2 Å². The number of unbranched alkanes of at least 4 members (excludes halogenated alkanes) is 2. The highest BCUT2D eigenvalue weighted by Crippen LogP contribution is 2.27. The maximum Gasteiger partial charge on any atom is 0.331 e. The van der Waals surface area contributed by atoms with Crippen molar-refractivity contribution in [2.75, 3.05) is 6.61 Å². The number of Topliss-reactive ketones (excluding diaryl/α,β-unsaturated/α-hetero) is 2. The van der Waals surface area contributed by atoms with Gasteiger partial charge in [0.1, 0.15) is 0 Å². The lowest BCUT2D eigenvalue weighted by Gasteiger charge is -2.19. The molecule has 29 heavy (non-hydrogen) atoms. The molecule has 0 saturated carbocycles. The summed E-state index contributed by atoms with van der Waals surface area (Å²) < 4.78 is 5.31. The molecule has 0 unspecified atom stereocenters. The van der Waals surface area contributed by atoms with Crippen LogP contribution in [0.25, 0.3) is 0 Å². The van der Waals surface area contributed by atoms with Crippen LogP contribution in [0.4, 0.5) is 0 Å². The van der Waals surface area contributed by atoms with Crippen LogP contribution in [0, 0.1) is 0 Å². The number of aliphatic carboxylic acids is 1. The number of rotatable bonds is 10. The molecule has 0 bridgehead atoms. The summed E-state index contributed by atoms with van der Waals surface area (Å²) in [4.78, 5) is 40.9. The number of hydrogen-bond acceptors (Lipinski definition) is 5. The lowest BCUT2D eigenvalue weighted by molar-refractivity contribution is -0.132. The maximum absolute atomic E-state index is 12.7. The Labute approximate surface area is 171 Å². The van der Waals surface area contributed by atoms with Crippen molar-refractivity contribution in [1.29, 1.82) is 0 Å². The van der Waals surface area contributed by atoms with Gasteiger partial charge in [0, 0.05) is 34.7 Å². The summed E-state index contributed by atoms with van der Waals surface area (Å²) >= 11 is 0. The van der Waals surface area contributed by atoms with E-state index in [4.69, 9.17) is 4.74 Å². The lowest BCUT2D eigenvalue weighted by atomic mass is 9.88. The first-order chi connectivity index (χ1) is 13.9. The molecule has 2 rings (SSSR count). The van der Waals surface area contributed by atoms with E-state index >= 15 is 0 Å². The highest BCUT2D eigenvalue weighted by atomic mass is 16.5. The second kappa shape index (κ2) is 10.5. The summed E-state index contributed by atoms with van der Waals surface area (Å²) in [6.07, 6.45) is 8.61. The predicted octanol–water partition coefficient (Wildman–Crippen LogP) is 3.97. The van der Waals surface area contributed by atoms with Crippen molar-refractivity contribution in [1.82, 2.24) is 4.98 Å². The van der Waals surface area contributed by atoms with Crippen molar-refractivity contribution in [2.24, 2.45) is 0 Å². The molecule has 1 aliphatic rings. The molecule has 0 radical (unpaired) electrons. The van der Waals surface area contributed by atoms with Gasteiger partial charge in [0.05, 0.1) is 6.61 Å². The minimum atomic E-state index is -1.07. The number of pyridine rings is 1. The SMILES string of the molecule is CCOC1=C(C)C(=O)C(/C=C(\CCCCCc2cccnc2)C(=O)O)=C(C)C1=O. The topological polar surface area (TPSA) is 93.6 Å². The van der Waals surface area contributed by atoms with E-state index in [0.29, 0.717) is 12.8 Å². The number of carboxylic acid groups (broad SMARTS) is 1. The summed E-state index contributed by atoms with van der Waals surface area (Å²) in [6, 6.07) is 3.91. The number of aromatic nitrogens is 1. The van der Waals surface area contributed by atoms with E-state index in [1.807, 2.05) is 18.3 Å². The largest absolute Gasteiger partial charge is 0.489 e. The first-order valence-electron chi connectivity index (χ1n) is 9.83. The van der Waals surface area contributed by atoms with Crippen LogP contribution in [0.3, 0.4) is 0 Å².